The molecule has 0 bridgehead atoms. The molecule has 0 aromatic carbocycles. The van der Waals surface area contributed by atoms with Crippen LogP contribution in [0.2, 0.25) is 0 Å². The highest BCUT2D eigenvalue weighted by atomic mass is 16.5. The van der Waals surface area contributed by atoms with Crippen LogP contribution in [0, 0.1) is 11.3 Å². The van der Waals surface area contributed by atoms with Crippen molar-refractivity contribution >= 4 is 0 Å². The Labute approximate surface area is 95.2 Å². The van der Waals surface area contributed by atoms with Gasteiger partial charge >= 0.3 is 0 Å². The van der Waals surface area contributed by atoms with Crippen molar-refractivity contribution in [2.45, 2.75) is 37.3 Å². The van der Waals surface area contributed by atoms with Crippen LogP contribution in [0.15, 0.2) is 5.11 Å². The van der Waals surface area contributed by atoms with Crippen molar-refractivity contribution < 1.29 is 4.74 Å². The molecule has 0 amide bonds. The summed E-state index contributed by atoms with van der Waals surface area (Å²) in [6.45, 7) is 0.933. The van der Waals surface area contributed by atoms with Gasteiger partial charge in [-0.25, -0.2) is 0 Å². The van der Waals surface area contributed by atoms with Crippen LogP contribution in [0.3, 0.4) is 0 Å². The number of nitriles is 1. The maximum atomic E-state index is 9.20. The van der Waals surface area contributed by atoms with Crippen LogP contribution in [-0.4, -0.2) is 31.8 Å². The highest BCUT2D eigenvalue weighted by molar-refractivity contribution is 5.09. The minimum absolute atomic E-state index is 0.278. The van der Waals surface area contributed by atoms with Gasteiger partial charge < -0.3 is 4.74 Å². The molecule has 0 atom stereocenters. The first-order valence-corrected chi connectivity index (χ1v) is 5.46. The van der Waals surface area contributed by atoms with Crippen LogP contribution in [0.5, 0.6) is 0 Å². The molecular weight excluding hydrogens is 206 g/mol. The van der Waals surface area contributed by atoms with Gasteiger partial charge in [-0.05, 0) is 31.2 Å². The second-order valence-corrected chi connectivity index (χ2v) is 4.01. The molecule has 88 valence electrons. The first-order valence-electron chi connectivity index (χ1n) is 5.46. The van der Waals surface area contributed by atoms with Gasteiger partial charge in [0.15, 0.2) is 0 Å². The molecule has 6 heteroatoms. The highest BCUT2D eigenvalue weighted by Crippen LogP contribution is 2.29. The number of ether oxygens (including phenoxy) is 1. The third kappa shape index (κ3) is 3.38. The molecule has 0 heterocycles. The van der Waals surface area contributed by atoms with Crippen molar-refractivity contribution in [1.29, 1.82) is 5.26 Å². The van der Waals surface area contributed by atoms with E-state index in [0.717, 1.165) is 25.7 Å². The van der Waals surface area contributed by atoms with E-state index in [0.29, 0.717) is 13.1 Å². The average molecular weight is 223 g/mol. The molecule has 1 saturated carbocycles. The summed E-state index contributed by atoms with van der Waals surface area (Å²) in [6, 6.07) is 2.34. The molecule has 0 aromatic heterocycles. The number of azide groups is 1. The van der Waals surface area contributed by atoms with Crippen molar-refractivity contribution in [1.82, 2.24) is 5.32 Å². The fourth-order valence-electron chi connectivity index (χ4n) is 2.04. The van der Waals surface area contributed by atoms with Gasteiger partial charge in [0, 0.05) is 25.1 Å². The summed E-state index contributed by atoms with van der Waals surface area (Å²) in [4.78, 5) is 2.67. The Morgan fingerprint density at radius 3 is 2.81 bits per heavy atom. The van der Waals surface area contributed by atoms with Crippen LogP contribution in [-0.2, 0) is 4.74 Å². The maximum Gasteiger partial charge on any atom is 0.106 e. The van der Waals surface area contributed by atoms with Gasteiger partial charge in [0.25, 0.3) is 0 Å². The number of nitrogens with zero attached hydrogens (tertiary/aromatic N) is 4. The normalized spacial score (nSPS) is 29.1. The number of methoxy groups -OCH3 is 1. The molecule has 1 aliphatic rings. The van der Waals surface area contributed by atoms with Crippen LogP contribution < -0.4 is 5.32 Å². The Hall–Kier alpha value is -1.28. The standard InChI is InChI=1S/C10H17N5O/c1-16-9-2-4-10(8-11,5-3-9)13-6-7-14-15-12/h9,13H,2-7H2,1H3. The molecule has 0 radical (unpaired) electrons. The molecule has 6 nitrogen and oxygen atoms in total. The average Bonchev–Trinajstić information content (AvgIpc) is 2.35. The Morgan fingerprint density at radius 2 is 2.31 bits per heavy atom. The Kier molecular flexibility index (Phi) is 5.06. The minimum atomic E-state index is -0.458. The van der Waals surface area contributed by atoms with E-state index >= 15 is 0 Å². The van der Waals surface area contributed by atoms with Crippen molar-refractivity contribution in [3.8, 4) is 6.07 Å². The zero-order valence-corrected chi connectivity index (χ0v) is 9.52. The van der Waals surface area contributed by atoms with Crippen molar-refractivity contribution in [3.63, 3.8) is 0 Å². The number of hydrogen-bond donors (Lipinski definition) is 1. The van der Waals surface area contributed by atoms with E-state index < -0.39 is 5.54 Å². The Morgan fingerprint density at radius 1 is 1.62 bits per heavy atom. The summed E-state index contributed by atoms with van der Waals surface area (Å²) in [5.74, 6) is 0. The Balaban J connectivity index is 2.41. The first kappa shape index (κ1) is 12.8. The van der Waals surface area contributed by atoms with E-state index in [2.05, 4.69) is 21.4 Å². The van der Waals surface area contributed by atoms with Crippen LogP contribution >= 0.6 is 0 Å². The fourth-order valence-corrected chi connectivity index (χ4v) is 2.04. The predicted octanol–water partition coefficient (Wildman–Crippen LogP) is 1.74. The lowest BCUT2D eigenvalue weighted by molar-refractivity contribution is 0.0527. The second-order valence-electron chi connectivity index (χ2n) is 4.01. The van der Waals surface area contributed by atoms with E-state index in [1.807, 2.05) is 0 Å². The molecule has 0 aromatic rings. The zero-order chi connectivity index (χ0) is 11.9. The molecule has 0 spiro atoms. The molecule has 0 aliphatic heterocycles. The molecule has 1 N–H and O–H groups in total. The second kappa shape index (κ2) is 6.33. The smallest absolute Gasteiger partial charge is 0.106 e. The van der Waals surface area contributed by atoms with Gasteiger partial charge in [0.1, 0.15) is 5.54 Å². The molecule has 0 saturated heterocycles. The molecule has 1 fully saturated rings. The van der Waals surface area contributed by atoms with Crippen molar-refractivity contribution in [2.24, 2.45) is 5.11 Å². The van der Waals surface area contributed by atoms with Crippen LogP contribution in [0.1, 0.15) is 25.7 Å². The summed E-state index contributed by atoms with van der Waals surface area (Å²) in [6.07, 6.45) is 3.66. The van der Waals surface area contributed by atoms with Gasteiger partial charge in [-0.3, -0.25) is 5.32 Å². The van der Waals surface area contributed by atoms with Crippen LogP contribution in [0.4, 0.5) is 0 Å². The fraction of sp³-hybridized carbons (Fsp3) is 0.900. The van der Waals surface area contributed by atoms with E-state index in [1.165, 1.54) is 0 Å². The predicted molar refractivity (Wildman–Crippen MR) is 59.6 cm³/mol. The molecule has 0 unspecified atom stereocenters. The molecular formula is C10H17N5O. The summed E-state index contributed by atoms with van der Waals surface area (Å²) in [5, 5.41) is 15.8. The minimum Gasteiger partial charge on any atom is -0.381 e. The lowest BCUT2D eigenvalue weighted by Crippen LogP contribution is -2.48. The lowest BCUT2D eigenvalue weighted by Gasteiger charge is -2.35. The maximum absolute atomic E-state index is 9.20. The third-order valence-corrected chi connectivity index (χ3v) is 3.07. The first-order chi connectivity index (χ1) is 7.76. The molecule has 1 rings (SSSR count). The SMILES string of the molecule is COC1CCC(C#N)(NCCN=[N+]=[N-])CC1. The summed E-state index contributed by atoms with van der Waals surface area (Å²) < 4.78 is 5.27. The van der Waals surface area contributed by atoms with E-state index in [4.69, 9.17) is 10.3 Å². The lowest BCUT2D eigenvalue weighted by atomic mass is 9.81. The van der Waals surface area contributed by atoms with Crippen molar-refractivity contribution in [3.05, 3.63) is 10.4 Å². The third-order valence-electron chi connectivity index (χ3n) is 3.07. The number of hydrogen-bond acceptors (Lipinski definition) is 4. The number of nitrogens with one attached hydrogen (secondary N) is 1. The van der Waals surface area contributed by atoms with Gasteiger partial charge in [0.2, 0.25) is 0 Å². The van der Waals surface area contributed by atoms with Gasteiger partial charge in [-0.2, -0.15) is 5.26 Å². The summed E-state index contributed by atoms with van der Waals surface area (Å²) >= 11 is 0. The monoisotopic (exact) mass is 223 g/mol. The quantitative estimate of drug-likeness (QED) is 0.333. The highest BCUT2D eigenvalue weighted by Gasteiger charge is 2.34. The van der Waals surface area contributed by atoms with E-state index in [9.17, 15) is 5.26 Å². The van der Waals surface area contributed by atoms with Gasteiger partial charge in [-0.15, -0.1) is 0 Å². The Bertz CT molecular complexity index is 297. The van der Waals surface area contributed by atoms with Gasteiger partial charge in [-0.1, -0.05) is 5.11 Å². The largest absolute Gasteiger partial charge is 0.381 e. The van der Waals surface area contributed by atoms with Gasteiger partial charge in [0.05, 0.1) is 12.2 Å². The number of rotatable bonds is 5. The zero-order valence-electron chi connectivity index (χ0n) is 9.52. The molecule has 1 aliphatic carbocycles. The van der Waals surface area contributed by atoms with E-state index in [-0.39, 0.29) is 6.10 Å². The topological polar surface area (TPSA) is 93.8 Å². The van der Waals surface area contributed by atoms with E-state index in [1.54, 1.807) is 7.11 Å². The summed E-state index contributed by atoms with van der Waals surface area (Å²) in [7, 11) is 1.71. The summed E-state index contributed by atoms with van der Waals surface area (Å²) in [5.41, 5.74) is 7.68. The molecule has 16 heavy (non-hydrogen) atoms. The van der Waals surface area contributed by atoms with Crippen molar-refractivity contribution in [2.75, 3.05) is 20.2 Å². The van der Waals surface area contributed by atoms with Crippen LogP contribution in [0.25, 0.3) is 10.4 Å².